The maximum absolute atomic E-state index is 12.8. The first-order chi connectivity index (χ1) is 16.1. The van der Waals surface area contributed by atoms with E-state index >= 15 is 0 Å². The third kappa shape index (κ3) is 5.59. The van der Waals surface area contributed by atoms with Crippen molar-refractivity contribution < 1.29 is 19.1 Å². The molecule has 1 N–H and O–H groups in total. The predicted molar refractivity (Wildman–Crippen MR) is 141 cm³/mol. The molecule has 34 heavy (non-hydrogen) atoms. The number of hydrogen-bond donors (Lipinski definition) is 1. The summed E-state index contributed by atoms with van der Waals surface area (Å²) in [6.45, 7) is 5.36. The van der Waals surface area contributed by atoms with Crippen molar-refractivity contribution in [1.29, 1.82) is 0 Å². The lowest BCUT2D eigenvalue weighted by atomic mass is 9.97. The Bertz CT molecular complexity index is 1250. The molecule has 3 aromatic rings. The number of carbonyl (C=O) groups is 2. The quantitative estimate of drug-likeness (QED) is 0.173. The van der Waals surface area contributed by atoms with Crippen molar-refractivity contribution in [3.05, 3.63) is 65.4 Å². The van der Waals surface area contributed by atoms with E-state index in [2.05, 4.69) is 5.32 Å². The maximum Gasteiger partial charge on any atom is 0.341 e. The second kappa shape index (κ2) is 11.4. The van der Waals surface area contributed by atoms with Crippen molar-refractivity contribution in [2.75, 3.05) is 18.5 Å². The van der Waals surface area contributed by atoms with Gasteiger partial charge in [0.05, 0.1) is 21.7 Å². The van der Waals surface area contributed by atoms with Gasteiger partial charge in [-0.3, -0.25) is 4.79 Å². The van der Waals surface area contributed by atoms with Crippen LogP contribution in [0, 0.1) is 13.8 Å². The summed E-state index contributed by atoms with van der Waals surface area (Å²) in [5.74, 6) is -1.18. The van der Waals surface area contributed by atoms with E-state index in [1.165, 1.54) is 11.3 Å². The summed E-state index contributed by atoms with van der Waals surface area (Å²) in [4.78, 5) is 25.5. The first kappa shape index (κ1) is 26.9. The Labute approximate surface area is 225 Å². The number of nitrogens with one attached hydrogen (secondary N) is 1. The van der Waals surface area contributed by atoms with Crippen molar-refractivity contribution in [3.63, 3.8) is 0 Å². The molecule has 2 aromatic carbocycles. The summed E-state index contributed by atoms with van der Waals surface area (Å²) < 4.78 is 10.7. The molecule has 0 atom stereocenters. The average Bonchev–Trinajstić information content (AvgIpc) is 3.19. The molecule has 0 spiro atoms. The number of benzene rings is 2. The van der Waals surface area contributed by atoms with Crippen molar-refractivity contribution in [1.82, 2.24) is 0 Å². The molecule has 180 valence electrons. The Morgan fingerprint density at radius 2 is 1.56 bits per heavy atom. The number of thiophene rings is 1. The fraction of sp³-hybridized carbons (Fsp3) is 0.217. The van der Waals surface area contributed by atoms with Crippen molar-refractivity contribution in [2.45, 2.75) is 20.8 Å². The summed E-state index contributed by atoms with van der Waals surface area (Å²) in [6.07, 6.45) is 0. The van der Waals surface area contributed by atoms with Gasteiger partial charge in [0.25, 0.3) is 5.91 Å². The predicted octanol–water partition coefficient (Wildman–Crippen LogP) is 8.49. The fourth-order valence-corrected chi connectivity index (χ4v) is 5.38. The number of aryl methyl sites for hydroxylation is 2. The zero-order chi connectivity index (χ0) is 25.2. The molecule has 0 aliphatic heterocycles. The van der Waals surface area contributed by atoms with Crippen LogP contribution in [0.25, 0.3) is 11.1 Å². The molecule has 3 rings (SSSR count). The molecule has 5 nitrogen and oxygen atoms in total. The SMILES string of the molecule is CCOC(=O)c1c(-c2ccc(C)cc2C)csc1NC(=O)COc1c(Cl)c(Cl)c(Cl)c(Cl)c1Cl. The monoisotopic (exact) mass is 579 g/mol. The van der Waals surface area contributed by atoms with Gasteiger partial charge in [0.15, 0.2) is 12.4 Å². The molecular formula is C23H18Cl5NO4S. The first-order valence-corrected chi connectivity index (χ1v) is 12.6. The third-order valence-corrected chi connectivity index (χ3v) is 7.85. The number of ether oxygens (including phenoxy) is 2. The largest absolute Gasteiger partial charge is 0.481 e. The Morgan fingerprint density at radius 1 is 0.941 bits per heavy atom. The summed E-state index contributed by atoms with van der Waals surface area (Å²) in [6, 6.07) is 5.91. The standard InChI is InChI=1S/C23H18Cl5NO4S/c1-4-32-23(31)15-13(12-6-5-10(2)7-11(12)3)9-34-22(15)29-14(30)8-33-21-19(27)17(25)16(24)18(26)20(21)28/h5-7,9H,4,8H2,1-3H3,(H,29,30). The Hall–Kier alpha value is -1.67. The van der Waals surface area contributed by atoms with Crippen molar-refractivity contribution in [3.8, 4) is 16.9 Å². The normalized spacial score (nSPS) is 10.8. The first-order valence-electron chi connectivity index (χ1n) is 9.87. The van der Waals surface area contributed by atoms with Gasteiger partial charge >= 0.3 is 5.97 Å². The third-order valence-electron chi connectivity index (χ3n) is 4.71. The summed E-state index contributed by atoms with van der Waals surface area (Å²) in [7, 11) is 0. The topological polar surface area (TPSA) is 64.6 Å². The molecule has 0 bridgehead atoms. The summed E-state index contributed by atoms with van der Waals surface area (Å²) >= 11 is 31.5. The molecule has 0 aliphatic rings. The fourth-order valence-electron chi connectivity index (χ4n) is 3.18. The molecule has 1 amide bonds. The highest BCUT2D eigenvalue weighted by molar-refractivity contribution is 7.15. The van der Waals surface area contributed by atoms with E-state index in [1.54, 1.807) is 12.3 Å². The highest BCUT2D eigenvalue weighted by atomic mass is 35.5. The Balaban J connectivity index is 1.88. The molecule has 0 saturated carbocycles. The minimum Gasteiger partial charge on any atom is -0.481 e. The number of halogens is 5. The lowest BCUT2D eigenvalue weighted by molar-refractivity contribution is -0.118. The second-order valence-electron chi connectivity index (χ2n) is 7.13. The molecule has 0 saturated heterocycles. The van der Waals surface area contributed by atoms with Gasteiger partial charge < -0.3 is 14.8 Å². The Kier molecular flexibility index (Phi) is 9.01. The van der Waals surface area contributed by atoms with Crippen LogP contribution in [0.3, 0.4) is 0 Å². The van der Waals surface area contributed by atoms with Gasteiger partial charge in [-0.05, 0) is 31.9 Å². The number of anilines is 1. The number of amides is 1. The van der Waals surface area contributed by atoms with Crippen LogP contribution in [0.2, 0.25) is 25.1 Å². The molecule has 0 radical (unpaired) electrons. The van der Waals surface area contributed by atoms with E-state index in [0.717, 1.165) is 16.7 Å². The molecule has 0 unspecified atom stereocenters. The summed E-state index contributed by atoms with van der Waals surface area (Å²) in [5.41, 5.74) is 3.89. The van der Waals surface area contributed by atoms with Crippen LogP contribution in [-0.4, -0.2) is 25.1 Å². The molecule has 11 heteroatoms. The van der Waals surface area contributed by atoms with E-state index in [-0.39, 0.29) is 43.0 Å². The van der Waals surface area contributed by atoms with Gasteiger partial charge in [-0.2, -0.15) is 0 Å². The minimum absolute atomic E-state index is 0.0215. The number of rotatable bonds is 7. The minimum atomic E-state index is -0.561. The van der Waals surface area contributed by atoms with Crippen LogP contribution in [0.4, 0.5) is 5.00 Å². The van der Waals surface area contributed by atoms with E-state index in [4.69, 9.17) is 67.5 Å². The van der Waals surface area contributed by atoms with Crippen LogP contribution < -0.4 is 10.1 Å². The zero-order valence-electron chi connectivity index (χ0n) is 18.2. The second-order valence-corrected chi connectivity index (χ2v) is 9.90. The van der Waals surface area contributed by atoms with Crippen molar-refractivity contribution >= 4 is 86.2 Å². The number of hydrogen-bond acceptors (Lipinski definition) is 5. The van der Waals surface area contributed by atoms with Crippen LogP contribution >= 0.6 is 69.3 Å². The van der Waals surface area contributed by atoms with Gasteiger partial charge in [0.2, 0.25) is 0 Å². The van der Waals surface area contributed by atoms with E-state index in [1.807, 2.05) is 32.0 Å². The summed E-state index contributed by atoms with van der Waals surface area (Å²) in [5, 5.41) is 4.55. The van der Waals surface area contributed by atoms with Crippen LogP contribution in [-0.2, 0) is 9.53 Å². The molecular weight excluding hydrogens is 564 g/mol. The number of carbonyl (C=O) groups excluding carboxylic acids is 2. The lowest BCUT2D eigenvalue weighted by Crippen LogP contribution is -2.21. The highest BCUT2D eigenvalue weighted by Gasteiger charge is 2.25. The van der Waals surface area contributed by atoms with Gasteiger partial charge in [0, 0.05) is 10.9 Å². The molecule has 0 fully saturated rings. The van der Waals surface area contributed by atoms with Gasteiger partial charge in [0.1, 0.15) is 20.6 Å². The van der Waals surface area contributed by atoms with Crippen molar-refractivity contribution in [2.24, 2.45) is 0 Å². The van der Waals surface area contributed by atoms with Gasteiger partial charge in [-0.15, -0.1) is 11.3 Å². The van der Waals surface area contributed by atoms with Gasteiger partial charge in [-0.25, -0.2) is 4.79 Å². The van der Waals surface area contributed by atoms with Crippen LogP contribution in [0.15, 0.2) is 23.6 Å². The molecule has 0 aliphatic carbocycles. The highest BCUT2D eigenvalue weighted by Crippen LogP contribution is 2.48. The molecule has 1 heterocycles. The lowest BCUT2D eigenvalue weighted by Gasteiger charge is -2.14. The zero-order valence-corrected chi connectivity index (χ0v) is 22.8. The Morgan fingerprint density at radius 3 is 2.15 bits per heavy atom. The van der Waals surface area contributed by atoms with E-state index in [9.17, 15) is 9.59 Å². The number of esters is 1. The smallest absolute Gasteiger partial charge is 0.341 e. The average molecular weight is 582 g/mol. The van der Waals surface area contributed by atoms with Crippen LogP contribution in [0.5, 0.6) is 5.75 Å². The van der Waals surface area contributed by atoms with E-state index in [0.29, 0.717) is 10.6 Å². The van der Waals surface area contributed by atoms with Crippen LogP contribution in [0.1, 0.15) is 28.4 Å². The van der Waals surface area contributed by atoms with Gasteiger partial charge in [-0.1, -0.05) is 81.8 Å². The van der Waals surface area contributed by atoms with E-state index < -0.39 is 18.5 Å². The maximum atomic E-state index is 12.8. The molecule has 1 aromatic heterocycles.